The second-order valence-corrected chi connectivity index (χ2v) is 7.09. The summed E-state index contributed by atoms with van der Waals surface area (Å²) in [5, 5.41) is 0. The highest BCUT2D eigenvalue weighted by molar-refractivity contribution is 5.66. The zero-order valence-corrected chi connectivity index (χ0v) is 15.1. The van der Waals surface area contributed by atoms with E-state index in [0.717, 1.165) is 12.0 Å². The Morgan fingerprint density at radius 3 is 2.44 bits per heavy atom. The first-order valence-corrected chi connectivity index (χ1v) is 8.31. The molecule has 0 spiro atoms. The van der Waals surface area contributed by atoms with Crippen LogP contribution in [0, 0.1) is 12.8 Å². The molecule has 0 aliphatic carbocycles. The lowest BCUT2D eigenvalue weighted by Gasteiger charge is -2.27. The van der Waals surface area contributed by atoms with Crippen LogP contribution < -0.4 is 10.5 Å². The van der Waals surface area contributed by atoms with Crippen molar-refractivity contribution in [3.05, 3.63) is 41.9 Å². The van der Waals surface area contributed by atoms with Crippen molar-refractivity contribution in [3.63, 3.8) is 0 Å². The van der Waals surface area contributed by atoms with Crippen molar-refractivity contribution >= 4 is 0 Å². The molecule has 0 aliphatic heterocycles. The van der Waals surface area contributed by atoms with E-state index >= 15 is 0 Å². The van der Waals surface area contributed by atoms with Gasteiger partial charge in [0.05, 0.1) is 5.56 Å². The number of nitrogens with zero attached hydrogens (tertiary/aromatic N) is 2. The number of pyridine rings is 2. The van der Waals surface area contributed by atoms with Gasteiger partial charge in [-0.25, -0.2) is 13.8 Å². The number of nitrogens with two attached hydrogens (primary N) is 1. The Bertz CT molecular complexity index is 703. The molecular formula is C19H25F2N3O. The lowest BCUT2D eigenvalue weighted by atomic mass is 9.93. The van der Waals surface area contributed by atoms with Crippen molar-refractivity contribution in [2.24, 2.45) is 11.7 Å². The summed E-state index contributed by atoms with van der Waals surface area (Å²) in [5.74, 6) is 0.336. The molecule has 0 amide bonds. The second kappa shape index (κ2) is 7.87. The molecule has 0 unspecified atom stereocenters. The molecule has 2 rings (SSSR count). The van der Waals surface area contributed by atoms with Gasteiger partial charge in [-0.15, -0.1) is 0 Å². The van der Waals surface area contributed by atoms with E-state index in [9.17, 15) is 8.78 Å². The zero-order chi connectivity index (χ0) is 18.6. The number of aromatic nitrogens is 2. The number of alkyl halides is 2. The molecule has 2 heterocycles. The molecule has 2 N–H and O–H groups in total. The van der Waals surface area contributed by atoms with E-state index in [1.54, 1.807) is 31.5 Å². The zero-order valence-electron chi connectivity index (χ0n) is 15.1. The Morgan fingerprint density at radius 2 is 1.88 bits per heavy atom. The molecule has 0 aliphatic rings. The first-order valence-electron chi connectivity index (χ1n) is 8.31. The summed E-state index contributed by atoms with van der Waals surface area (Å²) in [6.07, 6.45) is 1.28. The predicted molar refractivity (Wildman–Crippen MR) is 94.7 cm³/mol. The van der Waals surface area contributed by atoms with E-state index in [2.05, 4.69) is 23.8 Å². The Hall–Kier alpha value is -2.08. The van der Waals surface area contributed by atoms with Gasteiger partial charge in [0.25, 0.3) is 6.43 Å². The summed E-state index contributed by atoms with van der Waals surface area (Å²) in [7, 11) is 0. The largest absolute Gasteiger partial charge is 0.475 e. The van der Waals surface area contributed by atoms with E-state index in [4.69, 9.17) is 10.5 Å². The third-order valence-corrected chi connectivity index (χ3v) is 3.85. The molecule has 0 radical (unpaired) electrons. The molecular weight excluding hydrogens is 324 g/mol. The summed E-state index contributed by atoms with van der Waals surface area (Å²) in [6, 6.07) is 4.97. The van der Waals surface area contributed by atoms with Gasteiger partial charge >= 0.3 is 0 Å². The topological polar surface area (TPSA) is 61.0 Å². The van der Waals surface area contributed by atoms with Crippen LogP contribution in [0.2, 0.25) is 0 Å². The van der Waals surface area contributed by atoms with Crippen molar-refractivity contribution < 1.29 is 13.5 Å². The van der Waals surface area contributed by atoms with Gasteiger partial charge in [0.2, 0.25) is 5.88 Å². The third-order valence-electron chi connectivity index (χ3n) is 3.85. The van der Waals surface area contributed by atoms with Gasteiger partial charge in [0, 0.05) is 29.2 Å². The van der Waals surface area contributed by atoms with Crippen LogP contribution in [-0.4, -0.2) is 22.1 Å². The SMILES string of the molecule is Cc1nc(OC[C@@](C)(N)CC(C)C)c(C(F)F)cc1-c1ccncc1. The minimum Gasteiger partial charge on any atom is -0.475 e. The monoisotopic (exact) mass is 349 g/mol. The average Bonchev–Trinajstić information content (AvgIpc) is 2.52. The van der Waals surface area contributed by atoms with E-state index in [1.807, 2.05) is 6.92 Å². The second-order valence-electron chi connectivity index (χ2n) is 7.09. The molecule has 2 aromatic heterocycles. The van der Waals surface area contributed by atoms with Crippen molar-refractivity contribution in [1.82, 2.24) is 9.97 Å². The predicted octanol–water partition coefficient (Wildman–Crippen LogP) is 4.53. The number of hydrogen-bond acceptors (Lipinski definition) is 4. The summed E-state index contributed by atoms with van der Waals surface area (Å²) >= 11 is 0. The quantitative estimate of drug-likeness (QED) is 0.798. The lowest BCUT2D eigenvalue weighted by molar-refractivity contribution is 0.137. The number of rotatable bonds is 7. The van der Waals surface area contributed by atoms with Crippen molar-refractivity contribution in [2.45, 2.75) is 46.1 Å². The van der Waals surface area contributed by atoms with Gasteiger partial charge in [-0.1, -0.05) is 13.8 Å². The standard InChI is InChI=1S/C19H25F2N3O/c1-12(2)10-19(4,22)11-25-18-16(17(20)21)9-15(13(3)24-18)14-5-7-23-8-6-14/h5-9,12,17H,10-11,22H2,1-4H3/t19-/m0/s1. The Labute approximate surface area is 147 Å². The maximum atomic E-state index is 13.5. The van der Waals surface area contributed by atoms with Gasteiger partial charge in [-0.3, -0.25) is 4.98 Å². The van der Waals surface area contributed by atoms with Crippen LogP contribution in [0.1, 0.15) is 44.9 Å². The molecule has 25 heavy (non-hydrogen) atoms. The molecule has 0 fully saturated rings. The smallest absolute Gasteiger partial charge is 0.269 e. The number of halogens is 2. The summed E-state index contributed by atoms with van der Waals surface area (Å²) in [6.45, 7) is 7.87. The molecule has 1 atom stereocenters. The van der Waals surface area contributed by atoms with E-state index < -0.39 is 12.0 Å². The molecule has 0 bridgehead atoms. The maximum Gasteiger partial charge on any atom is 0.269 e. The summed E-state index contributed by atoms with van der Waals surface area (Å²) in [5.41, 5.74) is 7.42. The molecule has 0 saturated heterocycles. The molecule has 2 aromatic rings. The van der Waals surface area contributed by atoms with Gasteiger partial charge in [0.15, 0.2) is 0 Å². The third kappa shape index (κ3) is 5.19. The van der Waals surface area contributed by atoms with E-state index in [0.29, 0.717) is 17.2 Å². The van der Waals surface area contributed by atoms with Gasteiger partial charge in [-0.05, 0) is 49.9 Å². The van der Waals surface area contributed by atoms with Crippen LogP contribution in [0.15, 0.2) is 30.6 Å². The molecule has 6 heteroatoms. The molecule has 0 saturated carbocycles. The maximum absolute atomic E-state index is 13.5. The first-order chi connectivity index (χ1) is 11.7. The summed E-state index contributed by atoms with van der Waals surface area (Å²) < 4.78 is 32.7. The minimum absolute atomic E-state index is 0.0502. The fourth-order valence-electron chi connectivity index (χ4n) is 2.92. The van der Waals surface area contributed by atoms with Crippen LogP contribution in [0.4, 0.5) is 8.78 Å². The van der Waals surface area contributed by atoms with Crippen molar-refractivity contribution in [3.8, 4) is 17.0 Å². The average molecular weight is 349 g/mol. The minimum atomic E-state index is -2.68. The highest BCUT2D eigenvalue weighted by Gasteiger charge is 2.24. The van der Waals surface area contributed by atoms with E-state index in [1.165, 1.54) is 6.07 Å². The fourth-order valence-corrected chi connectivity index (χ4v) is 2.92. The van der Waals surface area contributed by atoms with Crippen LogP contribution in [-0.2, 0) is 0 Å². The van der Waals surface area contributed by atoms with Crippen LogP contribution >= 0.6 is 0 Å². The Kier molecular flexibility index (Phi) is 6.06. The number of aryl methyl sites for hydroxylation is 1. The van der Waals surface area contributed by atoms with Gasteiger partial charge < -0.3 is 10.5 Å². The van der Waals surface area contributed by atoms with E-state index in [-0.39, 0.29) is 18.1 Å². The Balaban J connectivity index is 2.31. The molecule has 0 aromatic carbocycles. The highest BCUT2D eigenvalue weighted by Crippen LogP contribution is 2.34. The highest BCUT2D eigenvalue weighted by atomic mass is 19.3. The molecule has 4 nitrogen and oxygen atoms in total. The van der Waals surface area contributed by atoms with Gasteiger partial charge in [-0.2, -0.15) is 0 Å². The van der Waals surface area contributed by atoms with Crippen molar-refractivity contribution in [2.75, 3.05) is 6.61 Å². The Morgan fingerprint density at radius 1 is 1.24 bits per heavy atom. The number of ether oxygens (including phenoxy) is 1. The normalized spacial score (nSPS) is 14.0. The number of hydrogen-bond donors (Lipinski definition) is 1. The molecule has 136 valence electrons. The lowest BCUT2D eigenvalue weighted by Crippen LogP contribution is -2.43. The summed E-state index contributed by atoms with van der Waals surface area (Å²) in [4.78, 5) is 8.22. The van der Waals surface area contributed by atoms with Crippen LogP contribution in [0.5, 0.6) is 5.88 Å². The van der Waals surface area contributed by atoms with Crippen LogP contribution in [0.25, 0.3) is 11.1 Å². The van der Waals surface area contributed by atoms with Crippen molar-refractivity contribution in [1.29, 1.82) is 0 Å². The fraction of sp³-hybridized carbons (Fsp3) is 0.474. The van der Waals surface area contributed by atoms with Gasteiger partial charge in [0.1, 0.15) is 6.61 Å². The van der Waals surface area contributed by atoms with Crippen LogP contribution in [0.3, 0.4) is 0 Å². The first kappa shape index (κ1) is 19.2.